The second kappa shape index (κ2) is 10.3. The van der Waals surface area contributed by atoms with Gasteiger partial charge in [-0.1, -0.05) is 35.9 Å². The van der Waals surface area contributed by atoms with Gasteiger partial charge in [-0.15, -0.1) is 11.3 Å². The van der Waals surface area contributed by atoms with E-state index in [1.54, 1.807) is 37.3 Å². The number of para-hydroxylation sites is 1. The van der Waals surface area contributed by atoms with Crippen LogP contribution in [0.3, 0.4) is 0 Å². The van der Waals surface area contributed by atoms with E-state index in [0.29, 0.717) is 29.2 Å². The second-order valence-electron chi connectivity index (χ2n) is 12.1. The number of phenols is 1. The van der Waals surface area contributed by atoms with Crippen molar-refractivity contribution >= 4 is 40.7 Å². The van der Waals surface area contributed by atoms with Crippen LogP contribution in [0.1, 0.15) is 36.1 Å². The zero-order valence-corrected chi connectivity index (χ0v) is 25.4. The summed E-state index contributed by atoms with van der Waals surface area (Å²) in [5.41, 5.74) is 0.299. The van der Waals surface area contributed by atoms with Crippen LogP contribution in [0.5, 0.6) is 17.2 Å². The zero-order valence-electron chi connectivity index (χ0n) is 24.6. The number of aromatic hydroxyl groups is 1. The van der Waals surface area contributed by atoms with E-state index in [-0.39, 0.29) is 42.3 Å². The number of methoxy groups -OCH3 is 2. The Balaban J connectivity index is 1.39. The molecule has 6 unspecified atom stereocenters. The predicted octanol–water partition coefficient (Wildman–Crippen LogP) is 4.90. The fourth-order valence-corrected chi connectivity index (χ4v) is 8.78. The first-order valence-electron chi connectivity index (χ1n) is 14.7. The van der Waals surface area contributed by atoms with Gasteiger partial charge in [-0.2, -0.15) is 0 Å². The molecule has 2 aromatic carbocycles. The third kappa shape index (κ3) is 3.89. The molecule has 4 aliphatic rings. The quantitative estimate of drug-likeness (QED) is 0.311. The lowest BCUT2D eigenvalue weighted by molar-refractivity contribution is -0.141. The van der Waals surface area contributed by atoms with Gasteiger partial charge in [-0.25, -0.2) is 4.90 Å². The molecule has 44 heavy (non-hydrogen) atoms. The summed E-state index contributed by atoms with van der Waals surface area (Å²) in [5, 5.41) is 13.4. The molecule has 4 amide bonds. The van der Waals surface area contributed by atoms with Gasteiger partial charge in [-0.3, -0.25) is 24.1 Å². The molecule has 0 bridgehead atoms. The average Bonchev–Trinajstić information content (AvgIpc) is 3.68. The number of rotatable bonds is 6. The van der Waals surface area contributed by atoms with Crippen LogP contribution >= 0.6 is 11.3 Å². The summed E-state index contributed by atoms with van der Waals surface area (Å²) in [5.74, 6) is -3.97. The Morgan fingerprint density at radius 2 is 1.73 bits per heavy atom. The summed E-state index contributed by atoms with van der Waals surface area (Å²) < 4.78 is 11.1. The van der Waals surface area contributed by atoms with Crippen LogP contribution in [0.4, 0.5) is 5.69 Å². The number of benzene rings is 2. The predicted molar refractivity (Wildman–Crippen MR) is 162 cm³/mol. The number of ether oxygens (including phenoxy) is 2. The SMILES string of the molecule is COc1cc(O)c(C2C3=CCC4C(=O)N(Cc5cccs5)C(=O)C4C3CC3C(=O)N(c4ccccc4)C(=O)C32C)c(OC)c1. The van der Waals surface area contributed by atoms with Crippen molar-refractivity contribution in [2.45, 2.75) is 32.2 Å². The molecule has 9 nitrogen and oxygen atoms in total. The van der Waals surface area contributed by atoms with E-state index in [2.05, 4.69) is 0 Å². The second-order valence-corrected chi connectivity index (χ2v) is 13.1. The maximum atomic E-state index is 14.5. The number of carbonyl (C=O) groups is 4. The van der Waals surface area contributed by atoms with Crippen molar-refractivity contribution in [2.24, 2.45) is 29.1 Å². The molecule has 7 rings (SSSR count). The number of imide groups is 2. The molecular formula is C34H32N2O7S. The van der Waals surface area contributed by atoms with Crippen molar-refractivity contribution in [1.82, 2.24) is 4.90 Å². The Morgan fingerprint density at radius 3 is 2.41 bits per heavy atom. The number of hydrogen-bond acceptors (Lipinski definition) is 8. The Hall–Kier alpha value is -4.44. The molecule has 2 aliphatic heterocycles. The Labute approximate surface area is 258 Å². The molecule has 6 atom stereocenters. The normalized spacial score (nSPS) is 29.3. The van der Waals surface area contributed by atoms with E-state index in [4.69, 9.17) is 9.47 Å². The van der Waals surface area contributed by atoms with E-state index < -0.39 is 35.0 Å². The summed E-state index contributed by atoms with van der Waals surface area (Å²) in [6.45, 7) is 1.99. The van der Waals surface area contributed by atoms with E-state index in [1.165, 1.54) is 41.4 Å². The molecule has 226 valence electrons. The highest BCUT2D eigenvalue weighted by atomic mass is 32.1. The summed E-state index contributed by atoms with van der Waals surface area (Å²) in [4.78, 5) is 60.0. The Morgan fingerprint density at radius 1 is 0.955 bits per heavy atom. The fraction of sp³-hybridized carbons (Fsp3) is 0.353. The van der Waals surface area contributed by atoms with Crippen LogP contribution in [0, 0.1) is 29.1 Å². The number of amides is 4. The fourth-order valence-electron chi connectivity index (χ4n) is 8.09. The molecule has 1 aromatic heterocycles. The minimum absolute atomic E-state index is 0.138. The third-order valence-electron chi connectivity index (χ3n) is 10.1. The lowest BCUT2D eigenvalue weighted by Crippen LogP contribution is -2.49. The summed E-state index contributed by atoms with van der Waals surface area (Å²) in [6, 6.07) is 15.7. The molecular weight excluding hydrogens is 580 g/mol. The van der Waals surface area contributed by atoms with Gasteiger partial charge in [0, 0.05) is 28.5 Å². The lowest BCUT2D eigenvalue weighted by Gasteiger charge is -2.49. The van der Waals surface area contributed by atoms with Crippen LogP contribution in [0.25, 0.3) is 0 Å². The number of phenolic OH excluding ortho intramolecular Hbond substituents is 1. The average molecular weight is 613 g/mol. The minimum atomic E-state index is -1.30. The third-order valence-corrected chi connectivity index (χ3v) is 11.0. The summed E-state index contributed by atoms with van der Waals surface area (Å²) in [7, 11) is 2.95. The maximum absolute atomic E-state index is 14.5. The molecule has 2 aliphatic carbocycles. The monoisotopic (exact) mass is 612 g/mol. The molecule has 1 saturated carbocycles. The molecule has 0 spiro atoms. The van der Waals surface area contributed by atoms with Gasteiger partial charge in [0.2, 0.25) is 23.6 Å². The molecule has 1 N–H and O–H groups in total. The molecule has 2 saturated heterocycles. The first kappa shape index (κ1) is 28.3. The summed E-state index contributed by atoms with van der Waals surface area (Å²) in [6.07, 6.45) is 2.52. The van der Waals surface area contributed by atoms with Gasteiger partial charge < -0.3 is 14.6 Å². The van der Waals surface area contributed by atoms with Crippen molar-refractivity contribution in [1.29, 1.82) is 0 Å². The number of likely N-dealkylation sites (tertiary alicyclic amines) is 1. The lowest BCUT2D eigenvalue weighted by atomic mass is 9.51. The number of nitrogens with zero attached hydrogens (tertiary/aromatic N) is 2. The van der Waals surface area contributed by atoms with Gasteiger partial charge in [0.15, 0.2) is 0 Å². The molecule has 10 heteroatoms. The topological polar surface area (TPSA) is 113 Å². The van der Waals surface area contributed by atoms with E-state index in [0.717, 1.165) is 10.5 Å². The molecule has 3 aromatic rings. The van der Waals surface area contributed by atoms with Gasteiger partial charge >= 0.3 is 0 Å². The standard InChI is InChI=1S/C34H32N2O7S/c1-34-24(31(39)36(33(34)41)18-8-5-4-6-9-18)16-23-21(29(34)28-25(37)14-19(42-2)15-26(28)43-3)11-12-22-27(23)32(40)35(30(22)38)17-20-10-7-13-44-20/h4-11,13-15,22-24,27,29,37H,12,16-17H2,1-3H3. The van der Waals surface area contributed by atoms with Gasteiger partial charge in [0.1, 0.15) is 17.2 Å². The van der Waals surface area contributed by atoms with Crippen molar-refractivity contribution < 1.29 is 33.8 Å². The van der Waals surface area contributed by atoms with Crippen molar-refractivity contribution in [3.8, 4) is 17.2 Å². The molecule has 3 fully saturated rings. The number of hydrogen-bond donors (Lipinski definition) is 1. The van der Waals surface area contributed by atoms with Crippen molar-refractivity contribution in [3.63, 3.8) is 0 Å². The Bertz CT molecular complexity index is 1720. The van der Waals surface area contributed by atoms with Crippen LogP contribution in [-0.2, 0) is 25.7 Å². The van der Waals surface area contributed by atoms with Crippen molar-refractivity contribution in [2.75, 3.05) is 19.1 Å². The van der Waals surface area contributed by atoms with Gasteiger partial charge in [0.05, 0.1) is 49.6 Å². The van der Waals surface area contributed by atoms with Crippen LogP contribution < -0.4 is 14.4 Å². The maximum Gasteiger partial charge on any atom is 0.241 e. The highest BCUT2D eigenvalue weighted by molar-refractivity contribution is 7.09. The number of carbonyl (C=O) groups excluding carboxylic acids is 4. The summed E-state index contributed by atoms with van der Waals surface area (Å²) >= 11 is 1.49. The molecule has 3 heterocycles. The number of anilines is 1. The van der Waals surface area contributed by atoms with E-state index in [1.807, 2.05) is 29.7 Å². The van der Waals surface area contributed by atoms with Crippen LogP contribution in [0.15, 0.2) is 71.6 Å². The van der Waals surface area contributed by atoms with E-state index >= 15 is 0 Å². The highest BCUT2D eigenvalue weighted by Crippen LogP contribution is 2.65. The van der Waals surface area contributed by atoms with Crippen molar-refractivity contribution in [3.05, 3.63) is 82.1 Å². The van der Waals surface area contributed by atoms with Gasteiger partial charge in [-0.05, 0) is 49.3 Å². The number of fused-ring (bicyclic) bond motifs is 4. The van der Waals surface area contributed by atoms with Crippen LogP contribution in [0.2, 0.25) is 0 Å². The smallest absolute Gasteiger partial charge is 0.241 e. The first-order chi connectivity index (χ1) is 21.2. The highest BCUT2D eigenvalue weighted by Gasteiger charge is 2.68. The largest absolute Gasteiger partial charge is 0.507 e. The van der Waals surface area contributed by atoms with E-state index in [9.17, 15) is 24.3 Å². The van der Waals surface area contributed by atoms with Gasteiger partial charge in [0.25, 0.3) is 0 Å². The van der Waals surface area contributed by atoms with Crippen LogP contribution in [-0.4, -0.2) is 47.9 Å². The number of allylic oxidation sites excluding steroid dienone is 2. The zero-order chi connectivity index (χ0) is 30.9. The first-order valence-corrected chi connectivity index (χ1v) is 15.5. The Kier molecular flexibility index (Phi) is 6.65. The minimum Gasteiger partial charge on any atom is -0.507 e. The number of thiophene rings is 1. The molecule has 0 radical (unpaired) electrons.